The van der Waals surface area contributed by atoms with Gasteiger partial charge in [-0.2, -0.15) is 0 Å². The predicted molar refractivity (Wildman–Crippen MR) is 76.5 cm³/mol. The second kappa shape index (κ2) is 5.87. The first kappa shape index (κ1) is 14.9. The van der Waals surface area contributed by atoms with E-state index in [0.29, 0.717) is 16.1 Å². The lowest BCUT2D eigenvalue weighted by molar-refractivity contribution is 0.506. The molecule has 3 N–H and O–H groups in total. The van der Waals surface area contributed by atoms with Crippen molar-refractivity contribution in [1.82, 2.24) is 5.43 Å². The van der Waals surface area contributed by atoms with Crippen molar-refractivity contribution in [3.63, 3.8) is 0 Å². The van der Waals surface area contributed by atoms with E-state index in [4.69, 9.17) is 17.4 Å². The Labute approximate surface area is 121 Å². The lowest BCUT2D eigenvalue weighted by Gasteiger charge is -2.21. The number of nitrogens with one attached hydrogen (secondary N) is 1. The van der Waals surface area contributed by atoms with Crippen LogP contribution in [0.1, 0.15) is 28.3 Å². The van der Waals surface area contributed by atoms with E-state index in [1.807, 2.05) is 0 Å². The third-order valence-electron chi connectivity index (χ3n) is 3.40. The van der Waals surface area contributed by atoms with E-state index in [0.717, 1.165) is 5.56 Å². The fourth-order valence-corrected chi connectivity index (χ4v) is 2.39. The summed E-state index contributed by atoms with van der Waals surface area (Å²) in [6, 6.07) is 7.02. The lowest BCUT2D eigenvalue weighted by Crippen LogP contribution is -2.31. The Bertz CT molecular complexity index is 644. The van der Waals surface area contributed by atoms with Crippen molar-refractivity contribution in [2.45, 2.75) is 19.9 Å². The predicted octanol–water partition coefficient (Wildman–Crippen LogP) is 3.79. The minimum Gasteiger partial charge on any atom is -0.271 e. The van der Waals surface area contributed by atoms with Crippen LogP contribution in [0.25, 0.3) is 0 Å². The summed E-state index contributed by atoms with van der Waals surface area (Å²) in [5, 5.41) is 0.524. The van der Waals surface area contributed by atoms with Crippen molar-refractivity contribution < 1.29 is 8.78 Å². The Kier molecular flexibility index (Phi) is 4.38. The monoisotopic (exact) mass is 296 g/mol. The average molecular weight is 297 g/mol. The van der Waals surface area contributed by atoms with Gasteiger partial charge in [0, 0.05) is 10.6 Å². The molecule has 2 aromatic rings. The van der Waals surface area contributed by atoms with E-state index >= 15 is 0 Å². The molecule has 1 atom stereocenters. The molecule has 1 unspecified atom stereocenters. The van der Waals surface area contributed by atoms with Gasteiger partial charge in [-0.3, -0.25) is 5.84 Å². The number of hydrazine groups is 1. The standard InChI is InChI=1S/C15H15ClF2N2/c1-8-6-7-12(17)13(14(8)18)15(20-19)10-4-3-5-11(16)9(10)2/h3-7,15,20H,19H2,1-2H3. The van der Waals surface area contributed by atoms with Gasteiger partial charge in [-0.15, -0.1) is 0 Å². The van der Waals surface area contributed by atoms with Crippen LogP contribution >= 0.6 is 11.6 Å². The number of aryl methyl sites for hydroxylation is 1. The smallest absolute Gasteiger partial charge is 0.134 e. The zero-order valence-corrected chi connectivity index (χ0v) is 11.9. The maximum Gasteiger partial charge on any atom is 0.134 e. The van der Waals surface area contributed by atoms with Gasteiger partial charge in [0.05, 0.1) is 6.04 Å². The van der Waals surface area contributed by atoms with Gasteiger partial charge in [0.15, 0.2) is 0 Å². The van der Waals surface area contributed by atoms with Gasteiger partial charge in [-0.05, 0) is 42.7 Å². The summed E-state index contributed by atoms with van der Waals surface area (Å²) in [6.45, 7) is 3.37. The Morgan fingerprint density at radius 1 is 1.15 bits per heavy atom. The summed E-state index contributed by atoms with van der Waals surface area (Å²) < 4.78 is 28.3. The second-order valence-corrected chi connectivity index (χ2v) is 5.05. The summed E-state index contributed by atoms with van der Waals surface area (Å²) in [6.07, 6.45) is 0. The number of hydrogen-bond acceptors (Lipinski definition) is 2. The van der Waals surface area contributed by atoms with Gasteiger partial charge >= 0.3 is 0 Å². The largest absolute Gasteiger partial charge is 0.271 e. The van der Waals surface area contributed by atoms with Gasteiger partial charge in [-0.1, -0.05) is 29.8 Å². The van der Waals surface area contributed by atoms with Crippen LogP contribution in [-0.4, -0.2) is 0 Å². The van der Waals surface area contributed by atoms with Gasteiger partial charge < -0.3 is 0 Å². The molecule has 0 amide bonds. The van der Waals surface area contributed by atoms with Crippen LogP contribution in [0.15, 0.2) is 30.3 Å². The molecule has 0 aliphatic heterocycles. The van der Waals surface area contributed by atoms with Crippen molar-refractivity contribution >= 4 is 11.6 Å². The van der Waals surface area contributed by atoms with E-state index in [1.165, 1.54) is 12.1 Å². The van der Waals surface area contributed by atoms with Crippen LogP contribution in [0, 0.1) is 25.5 Å². The number of rotatable bonds is 3. The van der Waals surface area contributed by atoms with Crippen LogP contribution in [0.2, 0.25) is 5.02 Å². The molecule has 0 saturated carbocycles. The van der Waals surface area contributed by atoms with Crippen LogP contribution in [0.3, 0.4) is 0 Å². The number of hydrogen-bond donors (Lipinski definition) is 2. The third-order valence-corrected chi connectivity index (χ3v) is 3.81. The zero-order chi connectivity index (χ0) is 14.9. The molecule has 2 nitrogen and oxygen atoms in total. The number of benzene rings is 2. The maximum absolute atomic E-state index is 14.2. The molecular weight excluding hydrogens is 282 g/mol. The van der Waals surface area contributed by atoms with Crippen molar-refractivity contribution in [3.05, 3.63) is 69.2 Å². The van der Waals surface area contributed by atoms with Crippen molar-refractivity contribution in [1.29, 1.82) is 0 Å². The summed E-state index contributed by atoms with van der Waals surface area (Å²) in [7, 11) is 0. The van der Waals surface area contributed by atoms with E-state index in [2.05, 4.69) is 5.43 Å². The van der Waals surface area contributed by atoms with Crippen molar-refractivity contribution in [2.24, 2.45) is 5.84 Å². The molecule has 0 saturated heterocycles. The summed E-state index contributed by atoms with van der Waals surface area (Å²) in [5.74, 6) is 4.27. The molecule has 0 bridgehead atoms. The fourth-order valence-electron chi connectivity index (χ4n) is 2.21. The summed E-state index contributed by atoms with van der Waals surface area (Å²) >= 11 is 6.06. The lowest BCUT2D eigenvalue weighted by atomic mass is 9.93. The van der Waals surface area contributed by atoms with Gasteiger partial charge in [0.1, 0.15) is 11.6 Å². The molecular formula is C15H15ClF2N2. The minimum absolute atomic E-state index is 0.0992. The number of nitrogens with two attached hydrogens (primary N) is 1. The molecule has 5 heteroatoms. The van der Waals surface area contributed by atoms with Crippen molar-refractivity contribution in [2.75, 3.05) is 0 Å². The van der Waals surface area contributed by atoms with Gasteiger partial charge in [0.25, 0.3) is 0 Å². The molecule has 0 heterocycles. The highest BCUT2D eigenvalue weighted by Crippen LogP contribution is 2.32. The molecule has 0 aromatic heterocycles. The van der Waals surface area contributed by atoms with E-state index in [1.54, 1.807) is 32.0 Å². The first-order valence-corrected chi connectivity index (χ1v) is 6.50. The molecule has 0 spiro atoms. The third kappa shape index (κ3) is 2.54. The first-order valence-electron chi connectivity index (χ1n) is 6.13. The van der Waals surface area contributed by atoms with Crippen LogP contribution in [-0.2, 0) is 0 Å². The summed E-state index contributed by atoms with van der Waals surface area (Å²) in [4.78, 5) is 0. The van der Waals surface area contributed by atoms with Gasteiger partial charge in [0.2, 0.25) is 0 Å². The molecule has 0 fully saturated rings. The highest BCUT2D eigenvalue weighted by Gasteiger charge is 2.24. The highest BCUT2D eigenvalue weighted by molar-refractivity contribution is 6.31. The van der Waals surface area contributed by atoms with Crippen LogP contribution in [0.5, 0.6) is 0 Å². The molecule has 0 aliphatic rings. The SMILES string of the molecule is Cc1ccc(F)c(C(NN)c2cccc(Cl)c2C)c1F. The molecule has 20 heavy (non-hydrogen) atoms. The van der Waals surface area contributed by atoms with E-state index < -0.39 is 17.7 Å². The quantitative estimate of drug-likeness (QED) is 0.668. The maximum atomic E-state index is 14.2. The topological polar surface area (TPSA) is 38.0 Å². The van der Waals surface area contributed by atoms with Crippen molar-refractivity contribution in [3.8, 4) is 0 Å². The second-order valence-electron chi connectivity index (χ2n) is 4.65. The first-order chi connectivity index (χ1) is 9.47. The molecule has 0 radical (unpaired) electrons. The zero-order valence-electron chi connectivity index (χ0n) is 11.2. The normalized spacial score (nSPS) is 12.5. The molecule has 2 aromatic carbocycles. The van der Waals surface area contributed by atoms with Gasteiger partial charge in [-0.25, -0.2) is 14.2 Å². The van der Waals surface area contributed by atoms with E-state index in [-0.39, 0.29) is 5.56 Å². The fraction of sp³-hybridized carbons (Fsp3) is 0.200. The minimum atomic E-state index is -0.798. The molecule has 106 valence electrons. The molecule has 0 aliphatic carbocycles. The Morgan fingerprint density at radius 2 is 1.85 bits per heavy atom. The molecule has 2 rings (SSSR count). The summed E-state index contributed by atoms with van der Waals surface area (Å²) in [5.41, 5.74) is 4.11. The van der Waals surface area contributed by atoms with E-state index in [9.17, 15) is 8.78 Å². The number of halogens is 3. The Morgan fingerprint density at radius 3 is 2.50 bits per heavy atom. The highest BCUT2D eigenvalue weighted by atomic mass is 35.5. The van der Waals surface area contributed by atoms with Crippen LogP contribution in [0.4, 0.5) is 8.78 Å². The average Bonchev–Trinajstić information content (AvgIpc) is 2.43. The Hall–Kier alpha value is -1.49. The van der Waals surface area contributed by atoms with Crippen LogP contribution < -0.4 is 11.3 Å². The Balaban J connectivity index is 2.65.